The molecule has 2 aromatic carbocycles. The van der Waals surface area contributed by atoms with Gasteiger partial charge in [-0.25, -0.2) is 0 Å². The smallest absolute Gasteiger partial charge is 0.269 e. The van der Waals surface area contributed by atoms with Crippen molar-refractivity contribution in [3.8, 4) is 12.1 Å². The van der Waals surface area contributed by atoms with Gasteiger partial charge >= 0.3 is 0 Å². The lowest BCUT2D eigenvalue weighted by atomic mass is 9.91. The molecular formula is C21H22N4O3. The van der Waals surface area contributed by atoms with Crippen molar-refractivity contribution >= 4 is 5.69 Å². The molecule has 0 aromatic heterocycles. The first-order chi connectivity index (χ1) is 13.5. The molecule has 0 amide bonds. The van der Waals surface area contributed by atoms with E-state index in [9.17, 15) is 20.5 Å². The summed E-state index contributed by atoms with van der Waals surface area (Å²) in [6.07, 6.45) is 0.823. The lowest BCUT2D eigenvalue weighted by Gasteiger charge is -2.15. The second-order valence-corrected chi connectivity index (χ2v) is 6.64. The average Bonchev–Trinajstić information content (AvgIpc) is 2.72. The Labute approximate surface area is 164 Å². The summed E-state index contributed by atoms with van der Waals surface area (Å²) in [5.74, 6) is 0.131. The van der Waals surface area contributed by atoms with Crippen LogP contribution in [-0.2, 0) is 0 Å². The van der Waals surface area contributed by atoms with Crippen LogP contribution in [0.15, 0.2) is 42.5 Å². The van der Waals surface area contributed by atoms with Crippen LogP contribution in [0.2, 0.25) is 0 Å². The van der Waals surface area contributed by atoms with E-state index in [0.29, 0.717) is 29.8 Å². The lowest BCUT2D eigenvalue weighted by Crippen LogP contribution is -2.22. The summed E-state index contributed by atoms with van der Waals surface area (Å²) in [6, 6.07) is 15.3. The van der Waals surface area contributed by atoms with E-state index < -0.39 is 11.0 Å². The molecule has 7 nitrogen and oxygen atoms in total. The van der Waals surface area contributed by atoms with E-state index in [1.54, 1.807) is 30.3 Å². The highest BCUT2D eigenvalue weighted by atomic mass is 16.6. The van der Waals surface area contributed by atoms with E-state index in [1.807, 2.05) is 6.92 Å². The predicted octanol–water partition coefficient (Wildman–Crippen LogP) is 3.55. The monoisotopic (exact) mass is 378 g/mol. The van der Waals surface area contributed by atoms with Crippen LogP contribution in [0.1, 0.15) is 54.0 Å². The van der Waals surface area contributed by atoms with Gasteiger partial charge in [0.25, 0.3) is 5.69 Å². The number of rotatable bonds is 9. The van der Waals surface area contributed by atoms with Crippen LogP contribution in [0.25, 0.3) is 0 Å². The van der Waals surface area contributed by atoms with Crippen LogP contribution in [0.4, 0.5) is 5.69 Å². The Morgan fingerprint density at radius 1 is 1.21 bits per heavy atom. The fourth-order valence-corrected chi connectivity index (χ4v) is 3.03. The van der Waals surface area contributed by atoms with Crippen LogP contribution >= 0.6 is 0 Å². The summed E-state index contributed by atoms with van der Waals surface area (Å²) in [7, 11) is 0. The quantitative estimate of drug-likeness (QED) is 0.391. The van der Waals surface area contributed by atoms with Gasteiger partial charge in [-0.2, -0.15) is 10.5 Å². The number of nitrogens with one attached hydrogen (secondary N) is 1. The van der Waals surface area contributed by atoms with Gasteiger partial charge in [0.1, 0.15) is 0 Å². The molecule has 0 radical (unpaired) electrons. The van der Waals surface area contributed by atoms with Gasteiger partial charge in [0.15, 0.2) is 0 Å². The Morgan fingerprint density at radius 3 is 2.68 bits per heavy atom. The third-order valence-corrected chi connectivity index (χ3v) is 4.63. The summed E-state index contributed by atoms with van der Waals surface area (Å²) in [6.45, 7) is 2.98. The van der Waals surface area contributed by atoms with E-state index in [-0.39, 0.29) is 11.6 Å². The maximum absolute atomic E-state index is 10.8. The lowest BCUT2D eigenvalue weighted by molar-refractivity contribution is -0.385. The molecule has 2 N–H and O–H groups in total. The number of aliphatic hydroxyl groups excluding tert-OH is 1. The molecule has 0 spiro atoms. The first-order valence-corrected chi connectivity index (χ1v) is 9.03. The number of nitrogens with zero attached hydrogens (tertiary/aromatic N) is 3. The topological polar surface area (TPSA) is 123 Å². The third kappa shape index (κ3) is 5.62. The van der Waals surface area contributed by atoms with Crippen molar-refractivity contribution in [2.75, 3.05) is 13.1 Å². The first-order valence-electron chi connectivity index (χ1n) is 9.03. The molecule has 7 heteroatoms. The highest BCUT2D eigenvalue weighted by Gasteiger charge is 2.13. The molecule has 2 rings (SSSR count). The maximum Gasteiger partial charge on any atom is 0.269 e. The van der Waals surface area contributed by atoms with E-state index in [4.69, 9.17) is 5.26 Å². The fraction of sp³-hybridized carbons (Fsp3) is 0.333. The van der Waals surface area contributed by atoms with Crippen molar-refractivity contribution < 1.29 is 10.0 Å². The molecule has 0 fully saturated rings. The molecule has 144 valence electrons. The summed E-state index contributed by atoms with van der Waals surface area (Å²) in [4.78, 5) is 10.3. The van der Waals surface area contributed by atoms with Crippen LogP contribution < -0.4 is 5.32 Å². The predicted molar refractivity (Wildman–Crippen MR) is 104 cm³/mol. The average molecular weight is 378 g/mol. The van der Waals surface area contributed by atoms with Crippen LogP contribution in [0, 0.1) is 32.8 Å². The van der Waals surface area contributed by atoms with E-state index in [2.05, 4.69) is 17.5 Å². The summed E-state index contributed by atoms with van der Waals surface area (Å²) in [5.41, 5.74) is 2.46. The fourth-order valence-electron chi connectivity index (χ4n) is 3.03. The zero-order valence-electron chi connectivity index (χ0n) is 15.6. The molecule has 0 aliphatic rings. The molecule has 2 unspecified atom stereocenters. The highest BCUT2D eigenvalue weighted by Crippen LogP contribution is 2.25. The molecule has 28 heavy (non-hydrogen) atoms. The molecule has 0 bridgehead atoms. The number of benzene rings is 2. The molecule has 0 saturated heterocycles. The standard InChI is InChI=1S/C21H22N4O3/c1-15(20-10-16(12-22)7-8-18(20)13-23)4-3-9-24-14-21(26)17-5-2-6-19(11-17)25(27)28/h2,5-8,10-11,15,21,24,26H,3-4,9,14H2,1H3. The minimum absolute atomic E-state index is 0.0433. The first kappa shape index (κ1) is 21.0. The number of nitro benzene ring substituents is 1. The molecular weight excluding hydrogens is 356 g/mol. The summed E-state index contributed by atoms with van der Waals surface area (Å²) < 4.78 is 0. The Hall–Kier alpha value is -3.26. The van der Waals surface area contributed by atoms with Gasteiger partial charge in [0.05, 0.1) is 34.3 Å². The van der Waals surface area contributed by atoms with Gasteiger partial charge in [-0.3, -0.25) is 10.1 Å². The highest BCUT2D eigenvalue weighted by molar-refractivity contribution is 5.45. The second-order valence-electron chi connectivity index (χ2n) is 6.64. The van der Waals surface area contributed by atoms with Gasteiger partial charge in [-0.1, -0.05) is 19.1 Å². The Morgan fingerprint density at radius 2 is 2.00 bits per heavy atom. The number of aliphatic hydroxyl groups is 1. The van der Waals surface area contributed by atoms with Crippen molar-refractivity contribution in [3.63, 3.8) is 0 Å². The van der Waals surface area contributed by atoms with Crippen molar-refractivity contribution in [1.82, 2.24) is 5.32 Å². The third-order valence-electron chi connectivity index (χ3n) is 4.63. The zero-order chi connectivity index (χ0) is 20.5. The van der Waals surface area contributed by atoms with Gasteiger partial charge in [0.2, 0.25) is 0 Å². The van der Waals surface area contributed by atoms with Crippen molar-refractivity contribution in [1.29, 1.82) is 10.5 Å². The maximum atomic E-state index is 10.8. The van der Waals surface area contributed by atoms with Crippen LogP contribution in [0.5, 0.6) is 0 Å². The summed E-state index contributed by atoms with van der Waals surface area (Å²) >= 11 is 0. The van der Waals surface area contributed by atoms with E-state index >= 15 is 0 Å². The largest absolute Gasteiger partial charge is 0.387 e. The zero-order valence-corrected chi connectivity index (χ0v) is 15.6. The van der Waals surface area contributed by atoms with Crippen LogP contribution in [0.3, 0.4) is 0 Å². The second kappa shape index (κ2) is 10.2. The van der Waals surface area contributed by atoms with E-state index in [1.165, 1.54) is 12.1 Å². The molecule has 0 saturated carbocycles. The number of non-ortho nitro benzene ring substituents is 1. The van der Waals surface area contributed by atoms with Gasteiger partial charge in [-0.15, -0.1) is 0 Å². The van der Waals surface area contributed by atoms with Crippen molar-refractivity contribution in [3.05, 3.63) is 74.8 Å². The molecule has 0 heterocycles. The summed E-state index contributed by atoms with van der Waals surface area (Å²) in [5, 5.41) is 42.4. The SMILES string of the molecule is CC(CCCNCC(O)c1cccc([N+](=O)[O-])c1)c1cc(C#N)ccc1C#N. The van der Waals surface area contributed by atoms with Crippen molar-refractivity contribution in [2.24, 2.45) is 0 Å². The molecule has 2 aromatic rings. The normalized spacial score (nSPS) is 12.6. The number of nitro groups is 1. The van der Waals surface area contributed by atoms with Crippen molar-refractivity contribution in [2.45, 2.75) is 31.8 Å². The molecule has 2 atom stereocenters. The van der Waals surface area contributed by atoms with Gasteiger partial charge in [-0.05, 0) is 54.6 Å². The Balaban J connectivity index is 1.82. The molecule has 0 aliphatic heterocycles. The number of hydrogen-bond acceptors (Lipinski definition) is 6. The minimum Gasteiger partial charge on any atom is -0.387 e. The van der Waals surface area contributed by atoms with E-state index in [0.717, 1.165) is 18.4 Å². The molecule has 0 aliphatic carbocycles. The Bertz CT molecular complexity index is 915. The van der Waals surface area contributed by atoms with Gasteiger partial charge in [0, 0.05) is 18.7 Å². The minimum atomic E-state index is -0.824. The number of nitriles is 2. The van der Waals surface area contributed by atoms with Crippen LogP contribution in [-0.4, -0.2) is 23.1 Å². The number of hydrogen-bond donors (Lipinski definition) is 2. The Kier molecular flexibility index (Phi) is 7.65. The van der Waals surface area contributed by atoms with Gasteiger partial charge < -0.3 is 10.4 Å².